The molecule has 18 heavy (non-hydrogen) atoms. The summed E-state index contributed by atoms with van der Waals surface area (Å²) >= 11 is 2.02. The topological polar surface area (TPSA) is 3.24 Å². The van der Waals surface area contributed by atoms with E-state index in [0.717, 1.165) is 31.2 Å². The van der Waals surface area contributed by atoms with Gasteiger partial charge in [0.05, 0.1) is 0 Å². The molecule has 0 aliphatic carbocycles. The Morgan fingerprint density at radius 3 is 2.78 bits per heavy atom. The summed E-state index contributed by atoms with van der Waals surface area (Å²) in [5.74, 6) is 1.19. The molecular weight excluding hydrogens is 238 g/mol. The van der Waals surface area contributed by atoms with Crippen molar-refractivity contribution in [2.75, 3.05) is 12.3 Å². The van der Waals surface area contributed by atoms with Crippen molar-refractivity contribution in [3.8, 4) is 0 Å². The summed E-state index contributed by atoms with van der Waals surface area (Å²) in [4.78, 5) is 2.45. The molecule has 0 radical (unpaired) electrons. The molecule has 0 fully saturated rings. The van der Waals surface area contributed by atoms with Crippen LogP contribution < -0.4 is 0 Å². The minimum absolute atomic E-state index is 0.722. The highest BCUT2D eigenvalue weighted by Gasteiger charge is 2.16. The van der Waals surface area contributed by atoms with Crippen LogP contribution in [0.1, 0.15) is 31.4 Å². The quantitative estimate of drug-likeness (QED) is 0.785. The van der Waals surface area contributed by atoms with E-state index < -0.39 is 0 Å². The van der Waals surface area contributed by atoms with Crippen LogP contribution >= 0.6 is 11.8 Å². The number of hydrogen-bond donors (Lipinski definition) is 0. The fourth-order valence-electron chi connectivity index (χ4n) is 2.34. The maximum atomic E-state index is 4.26. The van der Waals surface area contributed by atoms with E-state index in [-0.39, 0.29) is 0 Å². The first-order valence-corrected chi connectivity index (χ1v) is 7.83. The van der Waals surface area contributed by atoms with Crippen LogP contribution in [0.3, 0.4) is 0 Å². The normalized spacial score (nSPS) is 14.7. The van der Waals surface area contributed by atoms with Crippen LogP contribution in [-0.4, -0.2) is 22.4 Å². The van der Waals surface area contributed by atoms with E-state index in [1.54, 1.807) is 0 Å². The number of nitrogens with zero attached hydrogens (tertiary/aromatic N) is 1. The Morgan fingerprint density at radius 2 is 2.06 bits per heavy atom. The molecule has 2 heteroatoms. The average molecular weight is 261 g/mol. The summed E-state index contributed by atoms with van der Waals surface area (Å²) < 4.78 is 0. The lowest BCUT2D eigenvalue weighted by molar-refractivity contribution is 0.315. The smallest absolute Gasteiger partial charge is 0.0429 e. The predicted octanol–water partition coefficient (Wildman–Crippen LogP) is 4.09. The molecule has 0 bridgehead atoms. The molecule has 0 saturated carbocycles. The Morgan fingerprint density at radius 1 is 1.33 bits per heavy atom. The van der Waals surface area contributed by atoms with Gasteiger partial charge in [0.25, 0.3) is 0 Å². The molecule has 1 aliphatic heterocycles. The lowest BCUT2D eigenvalue weighted by atomic mass is 9.99. The van der Waals surface area contributed by atoms with Gasteiger partial charge in [-0.05, 0) is 35.0 Å². The van der Waals surface area contributed by atoms with Crippen LogP contribution in [0, 0.1) is 0 Å². The third-order valence-electron chi connectivity index (χ3n) is 3.42. The molecule has 0 aromatic heterocycles. The van der Waals surface area contributed by atoms with Gasteiger partial charge in [-0.2, -0.15) is 11.8 Å². The van der Waals surface area contributed by atoms with E-state index in [0.29, 0.717) is 0 Å². The molecule has 98 valence electrons. The zero-order chi connectivity index (χ0) is 13.0. The molecule has 1 aliphatic rings. The molecular formula is C16H23NS. The van der Waals surface area contributed by atoms with Crippen LogP contribution in [0.4, 0.5) is 0 Å². The molecule has 1 nitrogen and oxygen atoms in total. The van der Waals surface area contributed by atoms with Gasteiger partial charge in [-0.15, -0.1) is 0 Å². The third kappa shape index (κ3) is 3.55. The van der Waals surface area contributed by atoms with E-state index >= 15 is 0 Å². The largest absolute Gasteiger partial charge is 0.371 e. The van der Waals surface area contributed by atoms with Crippen molar-refractivity contribution in [1.82, 2.24) is 4.90 Å². The molecule has 1 aromatic rings. The van der Waals surface area contributed by atoms with Crippen LogP contribution in [0.15, 0.2) is 36.5 Å². The second-order valence-electron chi connectivity index (χ2n) is 5.18. The molecule has 0 N–H and O–H groups in total. The van der Waals surface area contributed by atoms with Crippen molar-refractivity contribution >= 4 is 11.8 Å². The van der Waals surface area contributed by atoms with Gasteiger partial charge in [0.1, 0.15) is 0 Å². The average Bonchev–Trinajstić information content (AvgIpc) is 2.37. The minimum atomic E-state index is 0.722. The molecule has 0 spiro atoms. The number of thioether (sulfide) groups is 1. The maximum Gasteiger partial charge on any atom is 0.0429 e. The molecule has 0 saturated heterocycles. The zero-order valence-corrected chi connectivity index (χ0v) is 12.3. The van der Waals surface area contributed by atoms with Gasteiger partial charge in [-0.25, -0.2) is 0 Å². The Labute approximate surface area is 115 Å². The first-order valence-electron chi connectivity index (χ1n) is 6.78. The van der Waals surface area contributed by atoms with E-state index in [4.69, 9.17) is 0 Å². The molecule has 0 unspecified atom stereocenters. The summed E-state index contributed by atoms with van der Waals surface area (Å²) in [5, 5.41) is 0.722. The fraction of sp³-hybridized carbons (Fsp3) is 0.500. The van der Waals surface area contributed by atoms with Crippen LogP contribution in [-0.2, 0) is 13.0 Å². The summed E-state index contributed by atoms with van der Waals surface area (Å²) in [7, 11) is 0. The highest BCUT2D eigenvalue weighted by Crippen LogP contribution is 2.23. The Kier molecular flexibility index (Phi) is 4.76. The van der Waals surface area contributed by atoms with Gasteiger partial charge >= 0.3 is 0 Å². The standard InChI is InChI=1S/C16H23NS/c1-13(2)18-11-9-14(3)17-10-8-15-6-4-5-7-16(15)12-17/h4-7,13H,3,8-12H2,1-2H3. The van der Waals surface area contributed by atoms with E-state index in [1.165, 1.54) is 22.6 Å². The van der Waals surface area contributed by atoms with Crippen molar-refractivity contribution in [1.29, 1.82) is 0 Å². The first-order chi connectivity index (χ1) is 8.66. The molecule has 1 heterocycles. The summed E-state index contributed by atoms with van der Waals surface area (Å²) in [6.07, 6.45) is 2.28. The number of fused-ring (bicyclic) bond motifs is 1. The predicted molar refractivity (Wildman–Crippen MR) is 81.9 cm³/mol. The van der Waals surface area contributed by atoms with E-state index in [2.05, 4.69) is 49.6 Å². The fourth-order valence-corrected chi connectivity index (χ4v) is 3.16. The first kappa shape index (κ1) is 13.5. The second-order valence-corrected chi connectivity index (χ2v) is 6.86. The minimum Gasteiger partial charge on any atom is -0.371 e. The number of allylic oxidation sites excluding steroid dienone is 1. The molecule has 0 atom stereocenters. The van der Waals surface area contributed by atoms with Crippen molar-refractivity contribution in [3.63, 3.8) is 0 Å². The van der Waals surface area contributed by atoms with Crippen molar-refractivity contribution < 1.29 is 0 Å². The van der Waals surface area contributed by atoms with Gasteiger partial charge in [0.15, 0.2) is 0 Å². The number of hydrogen-bond acceptors (Lipinski definition) is 2. The Balaban J connectivity index is 1.87. The van der Waals surface area contributed by atoms with Crippen molar-refractivity contribution in [3.05, 3.63) is 47.7 Å². The van der Waals surface area contributed by atoms with Gasteiger partial charge in [-0.1, -0.05) is 44.7 Å². The van der Waals surface area contributed by atoms with E-state index in [9.17, 15) is 0 Å². The molecule has 0 amide bonds. The highest BCUT2D eigenvalue weighted by molar-refractivity contribution is 7.99. The van der Waals surface area contributed by atoms with Gasteiger partial charge in [0, 0.05) is 18.8 Å². The van der Waals surface area contributed by atoms with Gasteiger partial charge in [-0.3, -0.25) is 0 Å². The number of rotatable bonds is 5. The zero-order valence-electron chi connectivity index (χ0n) is 11.5. The van der Waals surface area contributed by atoms with Crippen molar-refractivity contribution in [2.24, 2.45) is 0 Å². The van der Waals surface area contributed by atoms with Crippen molar-refractivity contribution in [2.45, 2.75) is 38.5 Å². The monoisotopic (exact) mass is 261 g/mol. The SMILES string of the molecule is C=C(CCSC(C)C)N1CCc2ccccc2C1. The lowest BCUT2D eigenvalue weighted by Crippen LogP contribution is -2.29. The van der Waals surface area contributed by atoms with Crippen LogP contribution in [0.25, 0.3) is 0 Å². The highest BCUT2D eigenvalue weighted by atomic mass is 32.2. The van der Waals surface area contributed by atoms with Crippen LogP contribution in [0.5, 0.6) is 0 Å². The van der Waals surface area contributed by atoms with E-state index in [1.807, 2.05) is 11.8 Å². The summed E-state index contributed by atoms with van der Waals surface area (Å²) in [6.45, 7) is 10.9. The third-order valence-corrected chi connectivity index (χ3v) is 4.53. The Bertz CT molecular complexity index is 411. The lowest BCUT2D eigenvalue weighted by Gasteiger charge is -2.32. The maximum absolute atomic E-state index is 4.26. The molecule has 1 aromatic carbocycles. The van der Waals surface area contributed by atoms with Crippen LogP contribution in [0.2, 0.25) is 0 Å². The summed E-state index contributed by atoms with van der Waals surface area (Å²) in [5.41, 5.74) is 4.29. The molecule has 2 rings (SSSR count). The van der Waals surface area contributed by atoms with Gasteiger partial charge < -0.3 is 4.90 Å². The Hall–Kier alpha value is -0.890. The van der Waals surface area contributed by atoms with Gasteiger partial charge in [0.2, 0.25) is 0 Å². The number of benzene rings is 1. The second kappa shape index (κ2) is 6.33. The summed E-state index contributed by atoms with van der Waals surface area (Å²) in [6, 6.07) is 8.78.